The number of benzene rings is 2. The van der Waals surface area contributed by atoms with Gasteiger partial charge in [-0.2, -0.15) is 9.46 Å². The first-order valence-electron chi connectivity index (χ1n) is 19.0. The monoisotopic (exact) mass is 760 g/mol. The Morgan fingerprint density at radius 3 is 2.75 bits per heavy atom. The molecular weight excluding hydrogens is 712 g/mol. The lowest BCUT2D eigenvalue weighted by Gasteiger charge is -2.46. The van der Waals surface area contributed by atoms with Crippen molar-refractivity contribution in [2.45, 2.75) is 75.2 Å². The van der Waals surface area contributed by atoms with E-state index >= 15 is 4.21 Å². The van der Waals surface area contributed by atoms with Crippen molar-refractivity contribution in [3.05, 3.63) is 88.2 Å². The molecule has 12 heteroatoms. The highest BCUT2D eigenvalue weighted by Gasteiger charge is 2.44. The Morgan fingerprint density at radius 1 is 1.15 bits per heavy atom. The minimum Gasteiger partial charge on any atom is -0.490 e. The van der Waals surface area contributed by atoms with E-state index in [1.54, 1.807) is 24.1 Å². The molecule has 1 amide bonds. The fraction of sp³-hybridized carbons (Fsp3) is 0.537. The van der Waals surface area contributed by atoms with Crippen molar-refractivity contribution in [2.75, 3.05) is 50.7 Å². The number of amides is 1. The second kappa shape index (κ2) is 14.6. The van der Waals surface area contributed by atoms with E-state index in [9.17, 15) is 9.59 Å². The molecule has 2 aromatic carbocycles. The number of aromatic nitrogens is 2. The van der Waals surface area contributed by atoms with E-state index in [2.05, 4.69) is 38.6 Å². The highest BCUT2D eigenvalue weighted by molar-refractivity contribution is 7.95. The largest absolute Gasteiger partial charge is 0.490 e. The van der Waals surface area contributed by atoms with Crippen molar-refractivity contribution < 1.29 is 28.0 Å². The molecule has 1 spiro atoms. The molecular formula is C41H49ClN4O6S. The van der Waals surface area contributed by atoms with Crippen molar-refractivity contribution >= 4 is 38.7 Å². The number of Topliss-reactive ketones (excluding diaryl/α,β-unsaturated/α-hetero) is 1. The molecule has 5 aliphatic rings. The quantitative estimate of drug-likeness (QED) is 0.200. The normalized spacial score (nSPS) is 32.3. The van der Waals surface area contributed by atoms with Crippen LogP contribution in [0.3, 0.4) is 0 Å². The molecule has 1 saturated carbocycles. The van der Waals surface area contributed by atoms with Crippen LogP contribution in [-0.2, 0) is 31.0 Å². The lowest BCUT2D eigenvalue weighted by molar-refractivity contribution is -0.0286. The number of methoxy groups -OCH3 is 1. The third-order valence-electron chi connectivity index (χ3n) is 12.6. The van der Waals surface area contributed by atoms with Crippen LogP contribution in [0, 0.1) is 17.8 Å². The molecule has 8 rings (SSSR count). The number of halogens is 1. The molecule has 7 atom stereocenters. The first-order chi connectivity index (χ1) is 25.6. The van der Waals surface area contributed by atoms with Crippen LogP contribution >= 0.6 is 11.6 Å². The number of aryl methyl sites for hydroxylation is 1. The summed E-state index contributed by atoms with van der Waals surface area (Å²) >= 11 is 6.47. The van der Waals surface area contributed by atoms with Crippen LogP contribution in [0.1, 0.15) is 83.8 Å². The molecule has 0 unspecified atom stereocenters. The van der Waals surface area contributed by atoms with Crippen LogP contribution in [-0.4, -0.2) is 82.8 Å². The van der Waals surface area contributed by atoms with Gasteiger partial charge in [-0.05, 0) is 105 Å². The summed E-state index contributed by atoms with van der Waals surface area (Å²) in [5.74, 6) is 0.00201. The minimum absolute atomic E-state index is 0.0560. The predicted molar refractivity (Wildman–Crippen MR) is 206 cm³/mol. The van der Waals surface area contributed by atoms with E-state index < -0.39 is 20.9 Å². The van der Waals surface area contributed by atoms with E-state index in [1.807, 2.05) is 32.0 Å². The van der Waals surface area contributed by atoms with Gasteiger partial charge in [-0.1, -0.05) is 36.7 Å². The smallest absolute Gasteiger partial charge is 0.285 e. The van der Waals surface area contributed by atoms with E-state index in [-0.39, 0.29) is 35.0 Å². The lowest BCUT2D eigenvalue weighted by atomic mass is 9.68. The Labute approximate surface area is 317 Å². The Kier molecular flexibility index (Phi) is 10.1. The molecule has 10 nitrogen and oxygen atoms in total. The van der Waals surface area contributed by atoms with Crippen molar-refractivity contribution in [3.63, 3.8) is 0 Å². The minimum atomic E-state index is -3.38. The highest BCUT2D eigenvalue weighted by Crippen LogP contribution is 2.47. The number of nitrogens with zero attached hydrogens (tertiary/aromatic N) is 4. The Bertz CT molecular complexity index is 2050. The Balaban J connectivity index is 1.19. The first-order valence-corrected chi connectivity index (χ1v) is 21.1. The third-order valence-corrected chi connectivity index (χ3v) is 15.6. The number of ketones is 1. The van der Waals surface area contributed by atoms with Crippen molar-refractivity contribution in [2.24, 2.45) is 22.1 Å². The van der Waals surface area contributed by atoms with E-state index in [0.29, 0.717) is 55.0 Å². The van der Waals surface area contributed by atoms with E-state index in [0.717, 1.165) is 55.9 Å². The molecule has 4 heterocycles. The van der Waals surface area contributed by atoms with Crippen LogP contribution in [0.4, 0.5) is 5.69 Å². The van der Waals surface area contributed by atoms with Crippen LogP contribution in [0.2, 0.25) is 5.02 Å². The molecule has 282 valence electrons. The third kappa shape index (κ3) is 6.99. The topological polar surface area (TPSA) is 112 Å². The van der Waals surface area contributed by atoms with Gasteiger partial charge >= 0.3 is 0 Å². The summed E-state index contributed by atoms with van der Waals surface area (Å²) in [6.07, 6.45) is 13.2. The Morgan fingerprint density at radius 2 is 2.00 bits per heavy atom. The van der Waals surface area contributed by atoms with E-state index in [1.165, 1.54) is 17.3 Å². The number of rotatable bonds is 5. The molecule has 0 N–H and O–H groups in total. The molecule has 2 aliphatic carbocycles. The molecule has 53 heavy (non-hydrogen) atoms. The average Bonchev–Trinajstić information content (AvgIpc) is 3.53. The SMILES string of the molecule is CO[C@H]1/C=C/C[C@H](C)[C@@H](C)[S@@](=O)(CC(=O)c2cnn(C3COC3)c2)=NC(=O)c2ccc3c(c2)N(C[C@@H]2CC[C@H]21)C[C@@]1(CCCc2cc(Cl)ccc21)CO3. The number of ether oxygens (including phenoxy) is 3. The summed E-state index contributed by atoms with van der Waals surface area (Å²) in [6.45, 7) is 6.95. The van der Waals surface area contributed by atoms with Gasteiger partial charge in [-0.15, -0.1) is 0 Å². The summed E-state index contributed by atoms with van der Waals surface area (Å²) in [5.41, 5.74) is 3.81. The van der Waals surface area contributed by atoms with Gasteiger partial charge in [0.2, 0.25) is 0 Å². The fourth-order valence-corrected chi connectivity index (χ4v) is 11.4. The number of allylic oxidation sites excluding steroid dienone is 1. The summed E-state index contributed by atoms with van der Waals surface area (Å²) in [4.78, 5) is 30.4. The van der Waals surface area contributed by atoms with Crippen LogP contribution in [0.5, 0.6) is 5.75 Å². The first kappa shape index (κ1) is 36.5. The van der Waals surface area contributed by atoms with Gasteiger partial charge in [0, 0.05) is 47.6 Å². The Hall–Kier alpha value is -3.51. The van der Waals surface area contributed by atoms with E-state index in [4.69, 9.17) is 25.8 Å². The number of anilines is 1. The number of fused-ring (bicyclic) bond motifs is 4. The summed E-state index contributed by atoms with van der Waals surface area (Å²) in [6, 6.07) is 11.8. The summed E-state index contributed by atoms with van der Waals surface area (Å²) in [7, 11) is -1.60. The number of hydrogen-bond acceptors (Lipinski definition) is 8. The predicted octanol–water partition coefficient (Wildman–Crippen LogP) is 7.10. The molecule has 2 fully saturated rings. The maximum absolute atomic E-state index is 15.0. The zero-order valence-electron chi connectivity index (χ0n) is 30.7. The molecule has 1 saturated heterocycles. The van der Waals surface area contributed by atoms with Gasteiger partial charge in [0.1, 0.15) is 5.75 Å². The van der Waals surface area contributed by atoms with Crippen molar-refractivity contribution in [3.8, 4) is 5.75 Å². The van der Waals surface area contributed by atoms with Gasteiger partial charge in [-0.3, -0.25) is 14.3 Å². The van der Waals surface area contributed by atoms with Crippen LogP contribution in [0.25, 0.3) is 0 Å². The van der Waals surface area contributed by atoms with Crippen LogP contribution < -0.4 is 9.64 Å². The molecule has 3 aliphatic heterocycles. The highest BCUT2D eigenvalue weighted by atomic mass is 35.5. The van der Waals surface area contributed by atoms with Gasteiger partial charge in [0.15, 0.2) is 5.78 Å². The van der Waals surface area contributed by atoms with Gasteiger partial charge in [-0.25, -0.2) is 4.21 Å². The average molecular weight is 761 g/mol. The summed E-state index contributed by atoms with van der Waals surface area (Å²) in [5, 5.41) is 4.55. The molecule has 2 bridgehead atoms. The maximum Gasteiger partial charge on any atom is 0.285 e. The van der Waals surface area contributed by atoms with Crippen molar-refractivity contribution in [1.29, 1.82) is 0 Å². The molecule has 3 aromatic rings. The van der Waals surface area contributed by atoms with Crippen molar-refractivity contribution in [1.82, 2.24) is 9.78 Å². The molecule has 1 aromatic heterocycles. The van der Waals surface area contributed by atoms with Crippen LogP contribution in [0.15, 0.2) is 65.3 Å². The second-order valence-corrected chi connectivity index (χ2v) is 18.9. The lowest BCUT2D eigenvalue weighted by Crippen LogP contribution is -2.49. The standard InChI is InChI=1S/C41H49ClN4O6S/c1-26-6-4-8-38(50-3)34-12-9-30(34)19-45-24-41(15-5-7-28-16-32(42)11-13-35(28)41)25-52-39-14-10-29(17-36(39)45)40(48)44-53(49,27(26)2)23-37(47)31-18-43-46(20-31)33-21-51-22-33/h4,8,10-11,13-14,16-18,20,26-27,30,33-34,38H,5-7,9,12,15,19,21-25H2,1-3H3/b8-4+/t26-,27+,30-,34+,38-,41-,53-/m0/s1. The zero-order chi connectivity index (χ0) is 36.9. The van der Waals surface area contributed by atoms with Gasteiger partial charge in [0.25, 0.3) is 5.91 Å². The second-order valence-electron chi connectivity index (χ2n) is 15.9. The fourth-order valence-electron chi connectivity index (χ4n) is 8.93. The molecule has 0 radical (unpaired) electrons. The number of carbonyl (C=O) groups is 2. The summed E-state index contributed by atoms with van der Waals surface area (Å²) < 4.78 is 39.3. The number of carbonyl (C=O) groups excluding carboxylic acids is 2. The maximum atomic E-state index is 15.0. The number of hydrogen-bond donors (Lipinski definition) is 0. The van der Waals surface area contributed by atoms with Gasteiger partial charge < -0.3 is 19.1 Å². The van der Waals surface area contributed by atoms with Gasteiger partial charge in [0.05, 0.1) is 64.9 Å². The zero-order valence-corrected chi connectivity index (χ0v) is 32.3.